The highest BCUT2D eigenvalue weighted by Gasteiger charge is 2.05. The number of nitrogens with one attached hydrogen (secondary N) is 1. The molecule has 2 aromatic rings. The van der Waals surface area contributed by atoms with Crippen LogP contribution in [0.25, 0.3) is 0 Å². The van der Waals surface area contributed by atoms with E-state index >= 15 is 0 Å². The van der Waals surface area contributed by atoms with Crippen LogP contribution in [-0.2, 0) is 4.79 Å². The zero-order valence-electron chi connectivity index (χ0n) is 12.0. The topological polar surface area (TPSA) is 59.9 Å². The van der Waals surface area contributed by atoms with Crippen LogP contribution in [0.15, 0.2) is 58.1 Å². The second kappa shape index (κ2) is 8.19. The lowest BCUT2D eigenvalue weighted by molar-refractivity contribution is -0.123. The molecule has 0 fully saturated rings. The first kappa shape index (κ1) is 16.0. The highest BCUT2D eigenvalue weighted by molar-refractivity contribution is 9.10. The first-order valence-electron chi connectivity index (χ1n) is 6.52. The molecule has 0 aliphatic rings. The minimum absolute atomic E-state index is 0.143. The third-order valence-electron chi connectivity index (χ3n) is 2.68. The van der Waals surface area contributed by atoms with Crippen molar-refractivity contribution in [1.82, 2.24) is 5.43 Å². The van der Waals surface area contributed by atoms with Gasteiger partial charge in [0.05, 0.1) is 13.3 Å². The molecular formula is C16H15BrN2O3. The Bertz CT molecular complexity index is 674. The number of hydrogen-bond donors (Lipinski definition) is 1. The van der Waals surface area contributed by atoms with Crippen molar-refractivity contribution in [3.8, 4) is 11.5 Å². The Balaban J connectivity index is 1.83. The number of para-hydroxylation sites is 2. The molecule has 0 radical (unpaired) electrons. The van der Waals surface area contributed by atoms with Gasteiger partial charge in [-0.2, -0.15) is 5.10 Å². The molecule has 1 amide bonds. The number of amides is 1. The lowest BCUT2D eigenvalue weighted by Crippen LogP contribution is -2.24. The summed E-state index contributed by atoms with van der Waals surface area (Å²) in [6.07, 6.45) is 1.56. The van der Waals surface area contributed by atoms with Crippen LogP contribution in [0.1, 0.15) is 5.56 Å². The fraction of sp³-hybridized carbons (Fsp3) is 0.125. The van der Waals surface area contributed by atoms with E-state index in [9.17, 15) is 4.79 Å². The van der Waals surface area contributed by atoms with Crippen LogP contribution < -0.4 is 14.9 Å². The molecule has 5 nitrogen and oxygen atoms in total. The minimum atomic E-state index is -0.350. The molecule has 1 N–H and O–H groups in total. The van der Waals surface area contributed by atoms with Crippen LogP contribution in [-0.4, -0.2) is 25.8 Å². The van der Waals surface area contributed by atoms with E-state index in [1.807, 2.05) is 30.3 Å². The molecule has 0 aliphatic carbocycles. The van der Waals surface area contributed by atoms with Crippen molar-refractivity contribution in [3.63, 3.8) is 0 Å². The Kier molecular flexibility index (Phi) is 5.97. The normalized spacial score (nSPS) is 10.5. The first-order chi connectivity index (χ1) is 10.7. The van der Waals surface area contributed by atoms with Gasteiger partial charge >= 0.3 is 0 Å². The van der Waals surface area contributed by atoms with Crippen LogP contribution in [0.5, 0.6) is 11.5 Å². The Morgan fingerprint density at radius 3 is 2.73 bits per heavy atom. The standard InChI is InChI=1S/C16H15BrN2O3/c1-21-14-7-2-3-8-15(14)22-11-16(20)19-18-10-12-5-4-6-13(17)9-12/h2-10H,11H2,1H3,(H,19,20)/b18-10+. The number of hydrogen-bond acceptors (Lipinski definition) is 4. The van der Waals surface area contributed by atoms with Crippen LogP contribution in [0.3, 0.4) is 0 Å². The van der Waals surface area contributed by atoms with E-state index in [2.05, 4.69) is 26.5 Å². The van der Waals surface area contributed by atoms with Gasteiger partial charge in [-0.25, -0.2) is 5.43 Å². The van der Waals surface area contributed by atoms with Gasteiger partial charge in [-0.1, -0.05) is 40.2 Å². The van der Waals surface area contributed by atoms with Crippen molar-refractivity contribution >= 4 is 28.1 Å². The molecule has 2 aromatic carbocycles. The van der Waals surface area contributed by atoms with Crippen molar-refractivity contribution in [2.75, 3.05) is 13.7 Å². The van der Waals surface area contributed by atoms with Crippen LogP contribution >= 0.6 is 15.9 Å². The second-order valence-electron chi connectivity index (χ2n) is 4.29. The number of rotatable bonds is 6. The van der Waals surface area contributed by atoms with Crippen molar-refractivity contribution in [2.24, 2.45) is 5.10 Å². The smallest absolute Gasteiger partial charge is 0.277 e. The van der Waals surface area contributed by atoms with Crippen molar-refractivity contribution in [3.05, 3.63) is 58.6 Å². The summed E-state index contributed by atoms with van der Waals surface area (Å²) in [6, 6.07) is 14.7. The number of hydrazone groups is 1. The monoisotopic (exact) mass is 362 g/mol. The molecule has 22 heavy (non-hydrogen) atoms. The zero-order valence-corrected chi connectivity index (χ0v) is 13.5. The van der Waals surface area contributed by atoms with E-state index in [0.717, 1.165) is 10.0 Å². The lowest BCUT2D eigenvalue weighted by atomic mass is 10.2. The Hall–Kier alpha value is -2.34. The molecule has 0 aromatic heterocycles. The van der Waals surface area contributed by atoms with Gasteiger partial charge in [-0.3, -0.25) is 4.79 Å². The van der Waals surface area contributed by atoms with E-state index in [1.165, 1.54) is 0 Å². The van der Waals surface area contributed by atoms with E-state index in [0.29, 0.717) is 11.5 Å². The van der Waals surface area contributed by atoms with Crippen molar-refractivity contribution in [2.45, 2.75) is 0 Å². The molecule has 0 heterocycles. The average Bonchev–Trinajstić information content (AvgIpc) is 2.53. The Morgan fingerprint density at radius 1 is 1.23 bits per heavy atom. The lowest BCUT2D eigenvalue weighted by Gasteiger charge is -2.09. The highest BCUT2D eigenvalue weighted by Crippen LogP contribution is 2.25. The van der Waals surface area contributed by atoms with Gasteiger partial charge in [0.25, 0.3) is 5.91 Å². The Labute approximate surface area is 137 Å². The molecule has 0 saturated carbocycles. The summed E-state index contributed by atoms with van der Waals surface area (Å²) in [5.41, 5.74) is 3.28. The number of halogens is 1. The summed E-state index contributed by atoms with van der Waals surface area (Å²) >= 11 is 3.37. The third kappa shape index (κ3) is 4.89. The minimum Gasteiger partial charge on any atom is -0.493 e. The number of ether oxygens (including phenoxy) is 2. The first-order valence-corrected chi connectivity index (χ1v) is 7.31. The van der Waals surface area contributed by atoms with Gasteiger partial charge < -0.3 is 9.47 Å². The molecule has 0 saturated heterocycles. The zero-order chi connectivity index (χ0) is 15.8. The van der Waals surface area contributed by atoms with Crippen molar-refractivity contribution in [1.29, 1.82) is 0 Å². The Morgan fingerprint density at radius 2 is 2.00 bits per heavy atom. The second-order valence-corrected chi connectivity index (χ2v) is 5.20. The highest BCUT2D eigenvalue weighted by atomic mass is 79.9. The predicted molar refractivity (Wildman–Crippen MR) is 88.4 cm³/mol. The number of carbonyl (C=O) groups is 1. The molecule has 6 heteroatoms. The summed E-state index contributed by atoms with van der Waals surface area (Å²) < 4.78 is 11.5. The number of carbonyl (C=O) groups excluding carboxylic acids is 1. The fourth-order valence-corrected chi connectivity index (χ4v) is 2.10. The van der Waals surface area contributed by atoms with E-state index in [4.69, 9.17) is 9.47 Å². The summed E-state index contributed by atoms with van der Waals surface area (Å²) in [7, 11) is 1.55. The largest absolute Gasteiger partial charge is 0.493 e. The van der Waals surface area contributed by atoms with Gasteiger partial charge in [0.15, 0.2) is 18.1 Å². The molecule has 0 aliphatic heterocycles. The molecule has 114 valence electrons. The molecule has 0 spiro atoms. The SMILES string of the molecule is COc1ccccc1OCC(=O)N/N=C/c1cccc(Br)c1. The van der Waals surface area contributed by atoms with Gasteiger partial charge in [0.1, 0.15) is 0 Å². The van der Waals surface area contributed by atoms with Gasteiger partial charge in [0.2, 0.25) is 0 Å². The predicted octanol–water partition coefficient (Wildman–Crippen LogP) is 2.99. The number of nitrogens with zero attached hydrogens (tertiary/aromatic N) is 1. The average molecular weight is 363 g/mol. The molecule has 0 atom stereocenters. The third-order valence-corrected chi connectivity index (χ3v) is 3.17. The number of benzene rings is 2. The summed E-state index contributed by atoms with van der Waals surface area (Å²) in [6.45, 7) is -0.143. The van der Waals surface area contributed by atoms with E-state index in [-0.39, 0.29) is 12.5 Å². The van der Waals surface area contributed by atoms with Gasteiger partial charge in [-0.05, 0) is 29.8 Å². The number of methoxy groups -OCH3 is 1. The quantitative estimate of drug-likeness (QED) is 0.634. The maximum absolute atomic E-state index is 11.7. The summed E-state index contributed by atoms with van der Waals surface area (Å²) in [5, 5.41) is 3.88. The summed E-state index contributed by atoms with van der Waals surface area (Å²) in [5.74, 6) is 0.737. The molecule has 0 bridgehead atoms. The maximum Gasteiger partial charge on any atom is 0.277 e. The molecule has 0 unspecified atom stereocenters. The van der Waals surface area contributed by atoms with Gasteiger partial charge in [0, 0.05) is 4.47 Å². The van der Waals surface area contributed by atoms with Gasteiger partial charge in [-0.15, -0.1) is 0 Å². The summed E-state index contributed by atoms with van der Waals surface area (Å²) in [4.78, 5) is 11.7. The van der Waals surface area contributed by atoms with E-state index in [1.54, 1.807) is 31.5 Å². The van der Waals surface area contributed by atoms with Crippen molar-refractivity contribution < 1.29 is 14.3 Å². The van der Waals surface area contributed by atoms with E-state index < -0.39 is 0 Å². The molecule has 2 rings (SSSR count). The fourth-order valence-electron chi connectivity index (χ4n) is 1.68. The van der Waals surface area contributed by atoms with Crippen LogP contribution in [0.2, 0.25) is 0 Å². The molecular weight excluding hydrogens is 348 g/mol. The van der Waals surface area contributed by atoms with Crippen LogP contribution in [0, 0.1) is 0 Å². The van der Waals surface area contributed by atoms with Crippen LogP contribution in [0.4, 0.5) is 0 Å². The maximum atomic E-state index is 11.7.